The molecule has 0 aliphatic heterocycles. The Kier molecular flexibility index (Phi) is 5.62. The van der Waals surface area contributed by atoms with Crippen LogP contribution in [0.15, 0.2) is 57.7 Å². The summed E-state index contributed by atoms with van der Waals surface area (Å²) in [4.78, 5) is 11.0. The highest BCUT2D eigenvalue weighted by molar-refractivity contribution is 5.78. The third kappa shape index (κ3) is 4.22. The summed E-state index contributed by atoms with van der Waals surface area (Å²) in [5.41, 5.74) is 8.02. The normalized spacial score (nSPS) is 24.2. The second-order valence-corrected chi connectivity index (χ2v) is 7.64. The first-order valence-corrected chi connectivity index (χ1v) is 8.76. The number of aldehydes is 1. The molecule has 1 heteroatoms. The van der Waals surface area contributed by atoms with Gasteiger partial charge in [-0.15, -0.1) is 0 Å². The molecule has 2 aliphatic rings. The fourth-order valence-electron chi connectivity index (χ4n) is 3.72. The number of carbonyl (C=O) groups excluding carboxylic acids is 1. The molecule has 23 heavy (non-hydrogen) atoms. The van der Waals surface area contributed by atoms with Crippen LogP contribution >= 0.6 is 0 Å². The molecular weight excluding hydrogens is 280 g/mol. The highest BCUT2D eigenvalue weighted by Gasteiger charge is 2.26. The fourth-order valence-corrected chi connectivity index (χ4v) is 3.72. The molecule has 0 aromatic carbocycles. The molecule has 0 spiro atoms. The van der Waals surface area contributed by atoms with Crippen molar-refractivity contribution in [1.82, 2.24) is 0 Å². The summed E-state index contributed by atoms with van der Waals surface area (Å²) in [6.45, 7) is 11.2. The van der Waals surface area contributed by atoms with E-state index in [9.17, 15) is 4.79 Å². The van der Waals surface area contributed by atoms with Gasteiger partial charge >= 0.3 is 0 Å². The predicted molar refractivity (Wildman–Crippen MR) is 99.3 cm³/mol. The van der Waals surface area contributed by atoms with Gasteiger partial charge in [0.25, 0.3) is 0 Å². The van der Waals surface area contributed by atoms with E-state index in [1.807, 2.05) is 0 Å². The Hall–Kier alpha value is -1.63. The zero-order valence-electron chi connectivity index (χ0n) is 15.3. The molecule has 0 N–H and O–H groups in total. The van der Waals surface area contributed by atoms with E-state index < -0.39 is 0 Å². The zero-order chi connectivity index (χ0) is 17.0. The second kappa shape index (κ2) is 7.29. The smallest absolute Gasteiger partial charge is 0.146 e. The molecule has 0 atom stereocenters. The molecule has 0 saturated heterocycles. The van der Waals surface area contributed by atoms with E-state index in [0.29, 0.717) is 5.41 Å². The van der Waals surface area contributed by atoms with Crippen molar-refractivity contribution in [3.8, 4) is 0 Å². The van der Waals surface area contributed by atoms with Crippen LogP contribution in [0.4, 0.5) is 0 Å². The van der Waals surface area contributed by atoms with Gasteiger partial charge in [-0.3, -0.25) is 4.79 Å². The lowest BCUT2D eigenvalue weighted by Gasteiger charge is -2.32. The van der Waals surface area contributed by atoms with Crippen LogP contribution in [0.3, 0.4) is 0 Å². The number of hydrogen-bond donors (Lipinski definition) is 0. The van der Waals surface area contributed by atoms with Crippen molar-refractivity contribution >= 4 is 6.29 Å². The van der Waals surface area contributed by atoms with Crippen LogP contribution in [0.2, 0.25) is 0 Å². The monoisotopic (exact) mass is 310 g/mol. The first-order valence-electron chi connectivity index (χ1n) is 8.76. The van der Waals surface area contributed by atoms with Crippen molar-refractivity contribution in [2.75, 3.05) is 0 Å². The van der Waals surface area contributed by atoms with E-state index in [-0.39, 0.29) is 0 Å². The lowest BCUT2D eigenvalue weighted by Crippen LogP contribution is -2.19. The summed E-state index contributed by atoms with van der Waals surface area (Å²) < 4.78 is 0. The van der Waals surface area contributed by atoms with Crippen LogP contribution in [0, 0.1) is 5.41 Å². The van der Waals surface area contributed by atoms with Gasteiger partial charge in [-0.05, 0) is 80.6 Å². The van der Waals surface area contributed by atoms with Gasteiger partial charge in [0, 0.05) is 0 Å². The van der Waals surface area contributed by atoms with E-state index in [0.717, 1.165) is 24.7 Å². The summed E-state index contributed by atoms with van der Waals surface area (Å²) in [5, 5.41) is 0. The van der Waals surface area contributed by atoms with Crippen molar-refractivity contribution in [1.29, 1.82) is 0 Å². The van der Waals surface area contributed by atoms with Gasteiger partial charge in [0.2, 0.25) is 0 Å². The third-order valence-electron chi connectivity index (χ3n) is 5.37. The van der Waals surface area contributed by atoms with Crippen LogP contribution in [-0.2, 0) is 4.79 Å². The summed E-state index contributed by atoms with van der Waals surface area (Å²) in [6.07, 6.45) is 15.6. The summed E-state index contributed by atoms with van der Waals surface area (Å²) >= 11 is 0. The average Bonchev–Trinajstić information content (AvgIpc) is 2.84. The highest BCUT2D eigenvalue weighted by atomic mass is 16.1. The van der Waals surface area contributed by atoms with Gasteiger partial charge in [-0.2, -0.15) is 0 Å². The minimum Gasteiger partial charge on any atom is -0.298 e. The van der Waals surface area contributed by atoms with Crippen LogP contribution in [0.5, 0.6) is 0 Å². The van der Waals surface area contributed by atoms with E-state index in [1.165, 1.54) is 47.1 Å². The Morgan fingerprint density at radius 2 is 1.87 bits per heavy atom. The molecule has 124 valence electrons. The number of carbonyl (C=O) groups is 1. The van der Waals surface area contributed by atoms with Crippen molar-refractivity contribution in [3.05, 3.63) is 57.7 Å². The molecule has 2 aliphatic carbocycles. The van der Waals surface area contributed by atoms with E-state index in [2.05, 4.69) is 58.9 Å². The quantitative estimate of drug-likeness (QED) is 0.443. The van der Waals surface area contributed by atoms with Gasteiger partial charge < -0.3 is 0 Å². The molecule has 0 radical (unpaired) electrons. The van der Waals surface area contributed by atoms with E-state index in [4.69, 9.17) is 0 Å². The Morgan fingerprint density at radius 1 is 1.13 bits per heavy atom. The summed E-state index contributed by atoms with van der Waals surface area (Å²) in [7, 11) is 0. The van der Waals surface area contributed by atoms with Crippen molar-refractivity contribution in [2.45, 2.75) is 66.7 Å². The maximum Gasteiger partial charge on any atom is 0.146 e. The lowest BCUT2D eigenvalue weighted by atomic mass is 9.72. The number of rotatable bonds is 4. The standard InChI is InChI=1S/C22H30O/c1-16(8-10-19-11-12-20(15-23)18(19)3)9-13-21-17(2)7-6-14-22(21,4)5/h8-10,13,15H,6-7,11-12,14H2,1-5H3. The summed E-state index contributed by atoms with van der Waals surface area (Å²) in [5.74, 6) is 0. The molecular formula is C22H30O. The van der Waals surface area contributed by atoms with Crippen LogP contribution in [0.25, 0.3) is 0 Å². The Balaban J connectivity index is 2.14. The van der Waals surface area contributed by atoms with Crippen LogP contribution in [-0.4, -0.2) is 6.29 Å². The maximum atomic E-state index is 11.0. The minimum absolute atomic E-state index is 0.293. The zero-order valence-corrected chi connectivity index (χ0v) is 15.3. The molecule has 1 nitrogen and oxygen atoms in total. The largest absolute Gasteiger partial charge is 0.298 e. The van der Waals surface area contributed by atoms with Crippen molar-refractivity contribution in [3.63, 3.8) is 0 Å². The molecule has 2 rings (SSSR count). The lowest BCUT2D eigenvalue weighted by molar-refractivity contribution is -0.105. The molecule has 0 aromatic heterocycles. The Morgan fingerprint density at radius 3 is 2.48 bits per heavy atom. The van der Waals surface area contributed by atoms with E-state index in [1.54, 1.807) is 0 Å². The number of allylic oxidation sites excluding steroid dienone is 10. The number of hydrogen-bond acceptors (Lipinski definition) is 1. The van der Waals surface area contributed by atoms with Gasteiger partial charge in [-0.1, -0.05) is 49.3 Å². The molecule has 0 saturated carbocycles. The highest BCUT2D eigenvalue weighted by Crippen LogP contribution is 2.40. The van der Waals surface area contributed by atoms with Gasteiger partial charge in [0.15, 0.2) is 0 Å². The van der Waals surface area contributed by atoms with Crippen LogP contribution < -0.4 is 0 Å². The third-order valence-corrected chi connectivity index (χ3v) is 5.37. The predicted octanol–water partition coefficient (Wildman–Crippen LogP) is 6.25. The second-order valence-electron chi connectivity index (χ2n) is 7.64. The van der Waals surface area contributed by atoms with Gasteiger partial charge in [0.1, 0.15) is 6.29 Å². The Bertz CT molecular complexity index is 633. The molecule has 0 aromatic rings. The fraction of sp³-hybridized carbons (Fsp3) is 0.500. The molecule has 0 heterocycles. The first-order chi connectivity index (χ1) is 10.8. The van der Waals surface area contributed by atoms with Crippen molar-refractivity contribution < 1.29 is 4.79 Å². The van der Waals surface area contributed by atoms with Crippen LogP contribution in [0.1, 0.15) is 66.7 Å². The topological polar surface area (TPSA) is 17.1 Å². The molecule has 0 unspecified atom stereocenters. The first kappa shape index (κ1) is 17.7. The maximum absolute atomic E-state index is 11.0. The molecule has 0 fully saturated rings. The summed E-state index contributed by atoms with van der Waals surface area (Å²) in [6, 6.07) is 0. The minimum atomic E-state index is 0.293. The SMILES string of the molecule is CC(C=CC1=C(C)CCCC1(C)C)=CC=C1CCC(C=O)=C1C. The molecule has 0 bridgehead atoms. The van der Waals surface area contributed by atoms with Crippen molar-refractivity contribution in [2.24, 2.45) is 5.41 Å². The molecule has 0 amide bonds. The van der Waals surface area contributed by atoms with E-state index >= 15 is 0 Å². The van der Waals surface area contributed by atoms with Gasteiger partial charge in [-0.25, -0.2) is 0 Å². The van der Waals surface area contributed by atoms with Gasteiger partial charge in [0.05, 0.1) is 0 Å². The average molecular weight is 310 g/mol. The Labute approximate surface area is 141 Å².